The van der Waals surface area contributed by atoms with Gasteiger partial charge in [0.2, 0.25) is 11.9 Å². The summed E-state index contributed by atoms with van der Waals surface area (Å²) in [7, 11) is 0. The van der Waals surface area contributed by atoms with Crippen LogP contribution in [0.2, 0.25) is 0 Å². The summed E-state index contributed by atoms with van der Waals surface area (Å²) in [6, 6.07) is 77.5. The molecule has 0 fully saturated rings. The highest BCUT2D eigenvalue weighted by molar-refractivity contribution is 6.17. The van der Waals surface area contributed by atoms with Gasteiger partial charge in [0, 0.05) is 71.8 Å². The minimum Gasteiger partial charge on any atom is -0.460 e. The van der Waals surface area contributed by atoms with Gasteiger partial charge in [0.25, 0.3) is 0 Å². The monoisotopic (exact) mass is 1000 g/mol. The Bertz CT molecular complexity index is 4460. The number of ether oxygens (including phenoxy) is 1. The fourth-order valence-electron chi connectivity index (χ4n) is 12.0. The van der Waals surface area contributed by atoms with Crippen molar-refractivity contribution in [2.24, 2.45) is 5.92 Å². The highest BCUT2D eigenvalue weighted by atomic mass is 16.5. The zero-order chi connectivity index (χ0) is 51.9. The first-order valence-corrected chi connectivity index (χ1v) is 26.5. The molecule has 0 bridgehead atoms. The number of hydrogen-bond donors (Lipinski definition) is 0. The zero-order valence-corrected chi connectivity index (χ0v) is 42.8. The van der Waals surface area contributed by atoms with Gasteiger partial charge in [0.15, 0.2) is 23.3 Å². The van der Waals surface area contributed by atoms with Crippen LogP contribution >= 0.6 is 0 Å². The van der Waals surface area contributed by atoms with E-state index in [0.29, 0.717) is 35.2 Å². The second-order valence-electron chi connectivity index (χ2n) is 20.6. The number of benzene rings is 9. The molecule has 2 aliphatic rings. The van der Waals surface area contributed by atoms with Crippen molar-refractivity contribution >= 4 is 49.2 Å². The summed E-state index contributed by atoms with van der Waals surface area (Å²) in [6.07, 6.45) is 5.44. The Hall–Kier alpha value is -10.1. The Kier molecular flexibility index (Phi) is 10.5. The Morgan fingerprint density at radius 1 is 0.397 bits per heavy atom. The van der Waals surface area contributed by atoms with Crippen LogP contribution < -0.4 is 4.74 Å². The molecule has 9 aromatic carbocycles. The molecule has 370 valence electrons. The van der Waals surface area contributed by atoms with Crippen LogP contribution in [-0.4, -0.2) is 39.0 Å². The van der Waals surface area contributed by atoms with Crippen molar-refractivity contribution in [1.29, 1.82) is 0 Å². The molecule has 78 heavy (non-hydrogen) atoms. The van der Waals surface area contributed by atoms with E-state index in [0.717, 1.165) is 106 Å². The third-order valence-corrected chi connectivity index (χ3v) is 15.8. The Balaban J connectivity index is 0.918. The van der Waals surface area contributed by atoms with Crippen molar-refractivity contribution in [3.63, 3.8) is 0 Å². The SMILES string of the molecule is CC1(C)c2cccc(-c3cccc4c3c3ccccc3n4-c3nc(-c4ccccc4)nc(-c4ccccc4)n3)c2OC2=C(c3cccc4c3c3ccccc3n4-c3nc(-c4ccccc4)nc(-c4ccccc4)n3)C=CCC21. The van der Waals surface area contributed by atoms with Crippen LogP contribution in [0.25, 0.3) is 118 Å². The van der Waals surface area contributed by atoms with Crippen LogP contribution in [0.1, 0.15) is 31.4 Å². The molecule has 5 heterocycles. The summed E-state index contributed by atoms with van der Waals surface area (Å²) < 4.78 is 12.0. The van der Waals surface area contributed by atoms with Crippen LogP contribution in [0.3, 0.4) is 0 Å². The zero-order valence-electron chi connectivity index (χ0n) is 42.8. The number of aromatic nitrogens is 8. The summed E-state index contributed by atoms with van der Waals surface area (Å²) in [5.74, 6) is 5.42. The number of rotatable bonds is 8. The Morgan fingerprint density at radius 2 is 0.795 bits per heavy atom. The highest BCUT2D eigenvalue weighted by Crippen LogP contribution is 2.55. The molecule has 0 amide bonds. The maximum absolute atomic E-state index is 7.64. The number of hydrogen-bond acceptors (Lipinski definition) is 7. The van der Waals surface area contributed by atoms with Gasteiger partial charge in [-0.1, -0.05) is 226 Å². The standard InChI is InChI=1S/C69H48N8O/c1-69(2)53-37-19-35-49(47-33-21-41-57-59(47)51-31-15-17-39-55(51)76(57)67-72-63(43-23-7-3-8-24-43)70-64(73-67)44-25-9-4-10-26-44)61(53)78-62-50(36-20-38-54(62)69)48-34-22-42-58-60(48)52-32-16-18-40-56(52)77(58)68-74-65(45-27-11-5-12-28-45)71-66(75-68)46-29-13-6-14-30-46/h3-37,39-42,54H,38H2,1-2H3. The van der Waals surface area contributed by atoms with Crippen molar-refractivity contribution in [1.82, 2.24) is 39.0 Å². The van der Waals surface area contributed by atoms with Crippen molar-refractivity contribution < 1.29 is 4.74 Å². The minimum atomic E-state index is -0.308. The second-order valence-corrected chi connectivity index (χ2v) is 20.6. The van der Waals surface area contributed by atoms with Crippen LogP contribution in [0.4, 0.5) is 0 Å². The van der Waals surface area contributed by atoms with E-state index in [1.165, 1.54) is 5.56 Å². The van der Waals surface area contributed by atoms with Gasteiger partial charge in [0.05, 0.1) is 22.1 Å². The molecule has 1 aliphatic heterocycles. The predicted octanol–water partition coefficient (Wildman–Crippen LogP) is 16.2. The number of fused-ring (bicyclic) bond motifs is 8. The molecule has 0 saturated carbocycles. The maximum atomic E-state index is 7.64. The molecule has 4 aromatic heterocycles. The first-order chi connectivity index (χ1) is 38.5. The van der Waals surface area contributed by atoms with E-state index < -0.39 is 0 Å². The van der Waals surface area contributed by atoms with Crippen LogP contribution in [0.15, 0.2) is 242 Å². The summed E-state index contributed by atoms with van der Waals surface area (Å²) in [6.45, 7) is 4.76. The predicted molar refractivity (Wildman–Crippen MR) is 313 cm³/mol. The van der Waals surface area contributed by atoms with Gasteiger partial charge >= 0.3 is 0 Å². The van der Waals surface area contributed by atoms with Crippen LogP contribution in [0, 0.1) is 5.92 Å². The van der Waals surface area contributed by atoms with Crippen molar-refractivity contribution in [3.8, 4) is 74.3 Å². The average Bonchev–Trinajstić information content (AvgIpc) is 4.23. The first-order valence-electron chi connectivity index (χ1n) is 26.5. The Morgan fingerprint density at radius 3 is 1.28 bits per heavy atom. The lowest BCUT2D eigenvalue weighted by molar-refractivity contribution is 0.225. The lowest BCUT2D eigenvalue weighted by Gasteiger charge is -2.44. The smallest absolute Gasteiger partial charge is 0.238 e. The molecule has 1 unspecified atom stereocenters. The average molecular weight is 1010 g/mol. The molecule has 13 aromatic rings. The van der Waals surface area contributed by atoms with Crippen molar-refractivity contribution in [2.75, 3.05) is 0 Å². The van der Waals surface area contributed by atoms with Gasteiger partial charge in [-0.2, -0.15) is 19.9 Å². The largest absolute Gasteiger partial charge is 0.460 e. The van der Waals surface area contributed by atoms with Crippen LogP contribution in [0.5, 0.6) is 5.75 Å². The molecule has 0 saturated heterocycles. The van der Waals surface area contributed by atoms with E-state index in [4.69, 9.17) is 34.6 Å². The van der Waals surface area contributed by atoms with Crippen molar-refractivity contribution in [3.05, 3.63) is 253 Å². The summed E-state index contributed by atoms with van der Waals surface area (Å²) in [4.78, 5) is 31.0. The fourth-order valence-corrected chi connectivity index (χ4v) is 12.0. The first kappa shape index (κ1) is 45.3. The van der Waals surface area contributed by atoms with Gasteiger partial charge in [-0.25, -0.2) is 9.97 Å². The van der Waals surface area contributed by atoms with Gasteiger partial charge < -0.3 is 4.74 Å². The van der Waals surface area contributed by atoms with E-state index in [1.54, 1.807) is 0 Å². The lowest BCUT2D eigenvalue weighted by Crippen LogP contribution is -2.37. The van der Waals surface area contributed by atoms with Crippen LogP contribution in [-0.2, 0) is 5.41 Å². The minimum absolute atomic E-state index is 0.0633. The van der Waals surface area contributed by atoms with E-state index >= 15 is 0 Å². The van der Waals surface area contributed by atoms with Gasteiger partial charge in [-0.3, -0.25) is 9.13 Å². The fraction of sp³-hybridized carbons (Fsp3) is 0.0725. The lowest BCUT2D eigenvalue weighted by atomic mass is 9.66. The molecule has 15 rings (SSSR count). The third-order valence-electron chi connectivity index (χ3n) is 15.8. The number of para-hydroxylation sites is 3. The van der Waals surface area contributed by atoms with Gasteiger partial charge in [0.1, 0.15) is 11.5 Å². The van der Waals surface area contributed by atoms with Crippen molar-refractivity contribution in [2.45, 2.75) is 25.7 Å². The van der Waals surface area contributed by atoms with Gasteiger partial charge in [-0.15, -0.1) is 0 Å². The molecule has 1 atom stereocenters. The summed E-state index contributed by atoms with van der Waals surface area (Å²) in [5.41, 5.74) is 12.7. The van der Waals surface area contributed by atoms with E-state index in [9.17, 15) is 0 Å². The molecule has 1 aliphatic carbocycles. The molecule has 9 nitrogen and oxygen atoms in total. The molecule has 0 radical (unpaired) electrons. The third kappa shape index (κ3) is 7.23. The molecular formula is C69H48N8O. The molecule has 0 spiro atoms. The topological polar surface area (TPSA) is 96.4 Å². The Labute approximate surface area is 450 Å². The highest BCUT2D eigenvalue weighted by Gasteiger charge is 2.44. The van der Waals surface area contributed by atoms with Gasteiger partial charge in [-0.05, 0) is 41.8 Å². The van der Waals surface area contributed by atoms with E-state index in [2.05, 4.69) is 138 Å². The van der Waals surface area contributed by atoms with E-state index in [1.807, 2.05) is 121 Å². The normalized spacial score (nSPS) is 14.7. The summed E-state index contributed by atoms with van der Waals surface area (Å²) in [5, 5.41) is 4.38. The quantitative estimate of drug-likeness (QED) is 0.150. The number of nitrogens with zero attached hydrogens (tertiary/aromatic N) is 8. The number of allylic oxidation sites excluding steroid dienone is 4. The molecular weight excluding hydrogens is 957 g/mol. The van der Waals surface area contributed by atoms with E-state index in [-0.39, 0.29) is 11.3 Å². The molecule has 0 N–H and O–H groups in total. The summed E-state index contributed by atoms with van der Waals surface area (Å²) >= 11 is 0. The maximum Gasteiger partial charge on any atom is 0.238 e. The molecule has 9 heteroatoms. The second kappa shape index (κ2) is 18.0.